The van der Waals surface area contributed by atoms with Crippen molar-refractivity contribution in [1.29, 1.82) is 0 Å². The fraction of sp³-hybridized carbons (Fsp3) is 0.208. The highest BCUT2D eigenvalue weighted by Gasteiger charge is 2.31. The molecule has 0 bridgehead atoms. The number of aromatic nitrogens is 4. The van der Waals surface area contributed by atoms with Gasteiger partial charge in [0.2, 0.25) is 5.95 Å². The van der Waals surface area contributed by atoms with E-state index in [1.807, 2.05) is 54.2 Å². The molecule has 0 unspecified atom stereocenters. The highest BCUT2D eigenvalue weighted by molar-refractivity contribution is 6.03. The molecule has 0 spiro atoms. The van der Waals surface area contributed by atoms with Gasteiger partial charge in [-0.25, -0.2) is 9.97 Å². The molecule has 7 nitrogen and oxygen atoms in total. The predicted octanol–water partition coefficient (Wildman–Crippen LogP) is 3.35. The third kappa shape index (κ3) is 3.59. The molecule has 1 aliphatic rings. The van der Waals surface area contributed by atoms with Crippen LogP contribution in [-0.2, 0) is 13.0 Å². The number of hydrogen-bond acceptors (Lipinski definition) is 6. The second kappa shape index (κ2) is 7.75. The van der Waals surface area contributed by atoms with Gasteiger partial charge in [-0.2, -0.15) is 0 Å². The van der Waals surface area contributed by atoms with Crippen molar-refractivity contribution < 1.29 is 4.79 Å². The summed E-state index contributed by atoms with van der Waals surface area (Å²) in [6.07, 6.45) is 5.95. The summed E-state index contributed by atoms with van der Waals surface area (Å²) in [6.45, 7) is 1.10. The van der Waals surface area contributed by atoms with E-state index in [2.05, 4.69) is 27.1 Å². The van der Waals surface area contributed by atoms with Gasteiger partial charge in [0.1, 0.15) is 0 Å². The van der Waals surface area contributed by atoms with Crippen LogP contribution in [0, 0.1) is 0 Å². The molecule has 0 saturated heterocycles. The van der Waals surface area contributed by atoms with Crippen LogP contribution in [0.2, 0.25) is 0 Å². The molecule has 1 aromatic carbocycles. The van der Waals surface area contributed by atoms with Crippen molar-refractivity contribution in [1.82, 2.24) is 24.8 Å². The maximum atomic E-state index is 13.2. The summed E-state index contributed by atoms with van der Waals surface area (Å²) in [7, 11) is 3.79. The van der Waals surface area contributed by atoms with Gasteiger partial charge in [0, 0.05) is 67.9 Å². The van der Waals surface area contributed by atoms with E-state index >= 15 is 0 Å². The first-order valence-electron chi connectivity index (χ1n) is 10.2. The first kappa shape index (κ1) is 19.1. The molecular weight excluding hydrogens is 388 g/mol. The lowest BCUT2D eigenvalue weighted by molar-refractivity contribution is 0.0780. The number of carbonyl (C=O) groups is 1. The van der Waals surface area contributed by atoms with Crippen molar-refractivity contribution in [3.63, 3.8) is 0 Å². The van der Waals surface area contributed by atoms with Gasteiger partial charge in [0.05, 0.1) is 23.3 Å². The Morgan fingerprint density at radius 3 is 2.61 bits per heavy atom. The number of anilines is 1. The summed E-state index contributed by atoms with van der Waals surface area (Å²) in [5.74, 6) is 0.626. The molecule has 31 heavy (non-hydrogen) atoms. The first-order valence-corrected chi connectivity index (χ1v) is 10.2. The molecule has 4 heterocycles. The van der Waals surface area contributed by atoms with Gasteiger partial charge in [-0.3, -0.25) is 14.8 Å². The minimum atomic E-state index is -0.00410. The van der Waals surface area contributed by atoms with Crippen LogP contribution < -0.4 is 4.90 Å². The number of hydrogen-bond donors (Lipinski definition) is 0. The maximum absolute atomic E-state index is 13.2. The van der Waals surface area contributed by atoms with Gasteiger partial charge in [-0.05, 0) is 18.2 Å². The van der Waals surface area contributed by atoms with Crippen molar-refractivity contribution in [2.45, 2.75) is 13.0 Å². The van der Waals surface area contributed by atoms with Crippen molar-refractivity contribution >= 4 is 22.8 Å². The summed E-state index contributed by atoms with van der Waals surface area (Å²) in [4.78, 5) is 34.9. The average molecular weight is 410 g/mol. The second-order valence-electron chi connectivity index (χ2n) is 7.82. The van der Waals surface area contributed by atoms with Gasteiger partial charge in [-0.1, -0.05) is 24.3 Å². The van der Waals surface area contributed by atoms with Crippen LogP contribution in [0.15, 0.2) is 61.1 Å². The summed E-state index contributed by atoms with van der Waals surface area (Å²) in [5.41, 5.74) is 5.03. The van der Waals surface area contributed by atoms with Crippen LogP contribution in [0.3, 0.4) is 0 Å². The van der Waals surface area contributed by atoms with E-state index in [0.29, 0.717) is 31.0 Å². The average Bonchev–Trinajstić information content (AvgIpc) is 3.13. The summed E-state index contributed by atoms with van der Waals surface area (Å²) in [5, 5.41) is 1.12. The Labute approximate surface area is 180 Å². The number of amides is 1. The summed E-state index contributed by atoms with van der Waals surface area (Å²) >= 11 is 0. The molecule has 0 atom stereocenters. The molecule has 0 N–H and O–H groups in total. The Kier molecular flexibility index (Phi) is 4.78. The molecule has 0 saturated carbocycles. The molecule has 0 fully saturated rings. The highest BCUT2D eigenvalue weighted by atomic mass is 16.2. The summed E-state index contributed by atoms with van der Waals surface area (Å²) in [6, 6.07) is 14.0. The smallest absolute Gasteiger partial charge is 0.256 e. The number of benzene rings is 1. The minimum absolute atomic E-state index is 0.00410. The molecule has 1 amide bonds. The number of para-hydroxylation sites is 1. The number of fused-ring (bicyclic) bond motifs is 2. The molecule has 154 valence electrons. The molecular formula is C24H22N6O. The zero-order chi connectivity index (χ0) is 21.4. The third-order valence-electron chi connectivity index (χ3n) is 5.51. The van der Waals surface area contributed by atoms with Gasteiger partial charge in [0.25, 0.3) is 5.91 Å². The molecule has 4 aromatic rings. The Morgan fingerprint density at radius 1 is 1.00 bits per heavy atom. The molecule has 0 aliphatic carbocycles. The summed E-state index contributed by atoms with van der Waals surface area (Å²) < 4.78 is 0. The van der Waals surface area contributed by atoms with Crippen molar-refractivity contribution in [2.24, 2.45) is 0 Å². The van der Waals surface area contributed by atoms with E-state index in [0.717, 1.165) is 33.4 Å². The Morgan fingerprint density at radius 2 is 1.81 bits per heavy atom. The molecule has 1 aliphatic heterocycles. The molecule has 3 aromatic heterocycles. The first-order chi connectivity index (χ1) is 15.1. The Bertz CT molecular complexity index is 1270. The van der Waals surface area contributed by atoms with E-state index in [1.165, 1.54) is 0 Å². The number of rotatable bonds is 5. The zero-order valence-corrected chi connectivity index (χ0v) is 17.5. The largest absolute Gasteiger partial charge is 0.347 e. The Balaban J connectivity index is 1.36. The van der Waals surface area contributed by atoms with Gasteiger partial charge >= 0.3 is 0 Å². The Hall–Kier alpha value is -3.87. The number of pyridine rings is 2. The molecule has 7 heteroatoms. The quantitative estimate of drug-likeness (QED) is 0.502. The number of nitrogens with zero attached hydrogens (tertiary/aromatic N) is 6. The van der Waals surface area contributed by atoms with E-state index in [1.54, 1.807) is 18.6 Å². The van der Waals surface area contributed by atoms with Crippen LogP contribution in [0.1, 0.15) is 21.7 Å². The van der Waals surface area contributed by atoms with Crippen LogP contribution in [0.25, 0.3) is 22.0 Å². The van der Waals surface area contributed by atoms with Crippen LogP contribution in [0.4, 0.5) is 5.95 Å². The monoisotopic (exact) mass is 410 g/mol. The SMILES string of the molecule is CN(C)c1ncc(-c2ccnc3c2C(=O)N(CCc2ccc4ccccc4n2)C3)cn1. The fourth-order valence-corrected chi connectivity index (χ4v) is 3.88. The minimum Gasteiger partial charge on any atom is -0.347 e. The lowest BCUT2D eigenvalue weighted by Gasteiger charge is -2.15. The van der Waals surface area contributed by atoms with Crippen LogP contribution >= 0.6 is 0 Å². The molecule has 0 radical (unpaired) electrons. The van der Waals surface area contributed by atoms with Crippen molar-refractivity contribution in [3.8, 4) is 11.1 Å². The lowest BCUT2D eigenvalue weighted by Crippen LogP contribution is -2.26. The van der Waals surface area contributed by atoms with Gasteiger partial charge in [0.15, 0.2) is 0 Å². The van der Waals surface area contributed by atoms with E-state index in [-0.39, 0.29) is 5.91 Å². The lowest BCUT2D eigenvalue weighted by atomic mass is 10.0. The van der Waals surface area contributed by atoms with E-state index < -0.39 is 0 Å². The van der Waals surface area contributed by atoms with Crippen LogP contribution in [-0.4, -0.2) is 51.4 Å². The third-order valence-corrected chi connectivity index (χ3v) is 5.51. The van der Waals surface area contributed by atoms with E-state index in [9.17, 15) is 4.79 Å². The topological polar surface area (TPSA) is 75.1 Å². The van der Waals surface area contributed by atoms with Gasteiger partial charge in [-0.15, -0.1) is 0 Å². The second-order valence-corrected chi connectivity index (χ2v) is 7.82. The highest BCUT2D eigenvalue weighted by Crippen LogP contribution is 2.31. The van der Waals surface area contributed by atoms with Gasteiger partial charge < -0.3 is 9.80 Å². The van der Waals surface area contributed by atoms with Crippen LogP contribution in [0.5, 0.6) is 0 Å². The normalized spacial score (nSPS) is 13.0. The van der Waals surface area contributed by atoms with Crippen molar-refractivity contribution in [2.75, 3.05) is 25.5 Å². The zero-order valence-electron chi connectivity index (χ0n) is 17.5. The van der Waals surface area contributed by atoms with E-state index in [4.69, 9.17) is 4.98 Å². The fourth-order valence-electron chi connectivity index (χ4n) is 3.88. The standard InChI is InChI=1S/C24H22N6O/c1-29(2)24-26-13-17(14-27-24)19-9-11-25-21-15-30(23(31)22(19)21)12-10-18-8-7-16-5-3-4-6-20(16)28-18/h3-9,11,13-14H,10,12,15H2,1-2H3. The number of carbonyl (C=O) groups excluding carboxylic acids is 1. The predicted molar refractivity (Wildman–Crippen MR) is 120 cm³/mol. The maximum Gasteiger partial charge on any atom is 0.256 e. The van der Waals surface area contributed by atoms with Crippen molar-refractivity contribution in [3.05, 3.63) is 78.0 Å². The molecule has 5 rings (SSSR count).